The number of fused-ring (bicyclic) bond motifs is 1. The standard InChI is InChI=1S/C16H23N2O4P.C13H22N4/c1-3-21-23(20,22-4-2)10-9-17-14-7-8-16-13(11-14)5-6-15(12-19)18-16;1-11(2)15-12-5-4-6-14-13(12)17-9-7-16(3)8-10-17/h5-8,11-12,15,17-18H,3-4,9-10H2,1-2H3;4-6,11,15H,7-10H2,1-3H3. The number of nitrogens with zero attached hydrogens (tertiary/aromatic N) is 3. The van der Waals surface area contributed by atoms with Crippen LogP contribution in [0.2, 0.25) is 0 Å². The Bertz CT molecular complexity index is 1140. The van der Waals surface area contributed by atoms with Crippen molar-refractivity contribution in [3.05, 3.63) is 48.2 Å². The van der Waals surface area contributed by atoms with Crippen molar-refractivity contribution in [2.24, 2.45) is 0 Å². The number of rotatable bonds is 12. The predicted molar refractivity (Wildman–Crippen MR) is 166 cm³/mol. The van der Waals surface area contributed by atoms with Crippen LogP contribution in [0.3, 0.4) is 0 Å². The van der Waals surface area contributed by atoms with E-state index in [1.54, 1.807) is 13.8 Å². The Labute approximate surface area is 239 Å². The molecule has 3 N–H and O–H groups in total. The first-order chi connectivity index (χ1) is 19.3. The molecule has 0 bridgehead atoms. The Hall–Kier alpha value is -2.91. The van der Waals surface area contributed by atoms with Gasteiger partial charge in [-0.05, 0) is 70.6 Å². The molecule has 1 fully saturated rings. The van der Waals surface area contributed by atoms with E-state index in [0.717, 1.165) is 60.9 Å². The maximum Gasteiger partial charge on any atom is 0.332 e. The van der Waals surface area contributed by atoms with Crippen molar-refractivity contribution >= 4 is 42.8 Å². The summed E-state index contributed by atoms with van der Waals surface area (Å²) in [6.07, 6.45) is 6.79. The zero-order valence-electron chi connectivity index (χ0n) is 24.4. The molecule has 10 nitrogen and oxygen atoms in total. The molecule has 2 aliphatic heterocycles. The van der Waals surface area contributed by atoms with Gasteiger partial charge in [-0.1, -0.05) is 12.2 Å². The summed E-state index contributed by atoms with van der Waals surface area (Å²) >= 11 is 0. The van der Waals surface area contributed by atoms with Gasteiger partial charge in [0.25, 0.3) is 0 Å². The topological polar surface area (TPSA) is 108 Å². The number of benzene rings is 1. The summed E-state index contributed by atoms with van der Waals surface area (Å²) in [5.41, 5.74) is 3.99. The Balaban J connectivity index is 0.000000230. The quantitative estimate of drug-likeness (QED) is 0.237. The summed E-state index contributed by atoms with van der Waals surface area (Å²) in [6.45, 7) is 13.5. The maximum atomic E-state index is 12.4. The first kappa shape index (κ1) is 31.6. The number of carbonyl (C=O) groups is 1. The van der Waals surface area contributed by atoms with E-state index in [1.807, 2.05) is 42.6 Å². The highest BCUT2D eigenvalue weighted by molar-refractivity contribution is 7.53. The van der Waals surface area contributed by atoms with E-state index in [9.17, 15) is 9.36 Å². The van der Waals surface area contributed by atoms with Crippen LogP contribution >= 0.6 is 7.60 Å². The summed E-state index contributed by atoms with van der Waals surface area (Å²) in [5.74, 6) is 1.09. The second-order valence-corrected chi connectivity index (χ2v) is 12.2. The fraction of sp³-hybridized carbons (Fsp3) is 0.517. The average molecular weight is 573 g/mol. The molecule has 4 rings (SSSR count). The number of pyridine rings is 1. The number of piperazine rings is 1. The highest BCUT2D eigenvalue weighted by Gasteiger charge is 2.23. The van der Waals surface area contributed by atoms with Crippen LogP contribution in [-0.2, 0) is 18.4 Å². The number of hydrogen-bond acceptors (Lipinski definition) is 10. The Morgan fingerprint density at radius 1 is 1.15 bits per heavy atom. The summed E-state index contributed by atoms with van der Waals surface area (Å²) in [6, 6.07) is 10.1. The minimum Gasteiger partial charge on any atom is -0.384 e. The van der Waals surface area contributed by atoms with Crippen LogP contribution in [0, 0.1) is 0 Å². The smallest absolute Gasteiger partial charge is 0.332 e. The molecule has 1 aromatic heterocycles. The lowest BCUT2D eigenvalue weighted by Crippen LogP contribution is -2.45. The molecule has 1 atom stereocenters. The van der Waals surface area contributed by atoms with E-state index >= 15 is 0 Å². The molecule has 220 valence electrons. The second kappa shape index (κ2) is 15.8. The lowest BCUT2D eigenvalue weighted by Gasteiger charge is -2.34. The van der Waals surface area contributed by atoms with E-state index in [0.29, 0.717) is 32.0 Å². The molecule has 3 heterocycles. The van der Waals surface area contributed by atoms with Crippen LogP contribution < -0.4 is 20.9 Å². The number of hydrogen-bond donors (Lipinski definition) is 3. The van der Waals surface area contributed by atoms with Gasteiger partial charge in [-0.25, -0.2) is 4.98 Å². The molecular weight excluding hydrogens is 527 g/mol. The molecule has 1 aromatic carbocycles. The summed E-state index contributed by atoms with van der Waals surface area (Å²) in [5, 5.41) is 9.81. The first-order valence-electron chi connectivity index (χ1n) is 14.1. The van der Waals surface area contributed by atoms with Crippen molar-refractivity contribution in [1.82, 2.24) is 9.88 Å². The van der Waals surface area contributed by atoms with Crippen molar-refractivity contribution in [1.29, 1.82) is 0 Å². The van der Waals surface area contributed by atoms with Gasteiger partial charge in [0.2, 0.25) is 0 Å². The molecule has 2 aromatic rings. The van der Waals surface area contributed by atoms with Gasteiger partial charge in [0, 0.05) is 56.3 Å². The summed E-state index contributed by atoms with van der Waals surface area (Å²) in [4.78, 5) is 20.0. The number of aldehydes is 1. The average Bonchev–Trinajstić information content (AvgIpc) is 2.94. The highest BCUT2D eigenvalue weighted by atomic mass is 31.2. The third-order valence-corrected chi connectivity index (χ3v) is 8.48. The maximum absolute atomic E-state index is 12.4. The number of nitrogens with one attached hydrogen (secondary N) is 3. The molecule has 0 aliphatic carbocycles. The Morgan fingerprint density at radius 2 is 1.88 bits per heavy atom. The number of aromatic nitrogens is 1. The molecule has 0 amide bonds. The highest BCUT2D eigenvalue weighted by Crippen LogP contribution is 2.47. The monoisotopic (exact) mass is 572 g/mol. The van der Waals surface area contributed by atoms with Gasteiger partial charge in [-0.2, -0.15) is 0 Å². The zero-order chi connectivity index (χ0) is 29.0. The van der Waals surface area contributed by atoms with Crippen LogP contribution in [0.5, 0.6) is 0 Å². The molecule has 0 radical (unpaired) electrons. The van der Waals surface area contributed by atoms with Crippen LogP contribution in [0.15, 0.2) is 42.6 Å². The number of anilines is 4. The van der Waals surface area contributed by atoms with Gasteiger partial charge in [0.1, 0.15) is 12.3 Å². The molecular formula is C29H45N6O4P. The van der Waals surface area contributed by atoms with Crippen molar-refractivity contribution in [3.8, 4) is 0 Å². The Kier molecular flexibility index (Phi) is 12.5. The molecule has 2 aliphatic rings. The molecule has 40 heavy (non-hydrogen) atoms. The van der Waals surface area contributed by atoms with Gasteiger partial charge in [0.05, 0.1) is 25.1 Å². The van der Waals surface area contributed by atoms with Crippen molar-refractivity contribution < 1.29 is 18.4 Å². The minimum absolute atomic E-state index is 0.274. The first-order valence-corrected chi connectivity index (χ1v) is 15.8. The summed E-state index contributed by atoms with van der Waals surface area (Å²) in [7, 11) is -0.850. The van der Waals surface area contributed by atoms with Crippen LogP contribution in [-0.4, -0.2) is 87.4 Å². The van der Waals surface area contributed by atoms with Gasteiger partial charge < -0.3 is 39.6 Å². The van der Waals surface area contributed by atoms with Crippen LogP contribution in [0.25, 0.3) is 6.08 Å². The molecule has 1 unspecified atom stereocenters. The Morgan fingerprint density at radius 3 is 2.52 bits per heavy atom. The van der Waals surface area contributed by atoms with Crippen LogP contribution in [0.1, 0.15) is 33.3 Å². The van der Waals surface area contributed by atoms with E-state index in [1.165, 1.54) is 0 Å². The lowest BCUT2D eigenvalue weighted by atomic mass is 10.1. The van der Waals surface area contributed by atoms with Gasteiger partial charge in [-0.15, -0.1) is 0 Å². The van der Waals surface area contributed by atoms with Gasteiger partial charge in [-0.3, -0.25) is 4.57 Å². The molecule has 0 spiro atoms. The van der Waals surface area contributed by atoms with E-state index in [2.05, 4.69) is 57.7 Å². The van der Waals surface area contributed by atoms with E-state index in [-0.39, 0.29) is 6.04 Å². The number of likely N-dealkylation sites (N-methyl/N-ethyl adjacent to an activating group) is 1. The lowest BCUT2D eigenvalue weighted by molar-refractivity contribution is -0.107. The van der Waals surface area contributed by atoms with E-state index in [4.69, 9.17) is 9.05 Å². The largest absolute Gasteiger partial charge is 0.384 e. The third kappa shape index (κ3) is 9.63. The van der Waals surface area contributed by atoms with Crippen molar-refractivity contribution in [2.75, 3.05) is 80.0 Å². The summed E-state index contributed by atoms with van der Waals surface area (Å²) < 4.78 is 22.9. The van der Waals surface area contributed by atoms with Gasteiger partial charge >= 0.3 is 7.60 Å². The minimum atomic E-state index is -3.02. The predicted octanol–water partition coefficient (Wildman–Crippen LogP) is 5.02. The van der Waals surface area contributed by atoms with Crippen molar-refractivity contribution in [3.63, 3.8) is 0 Å². The van der Waals surface area contributed by atoms with Crippen LogP contribution in [0.4, 0.5) is 22.9 Å². The molecule has 0 saturated carbocycles. The molecule has 1 saturated heterocycles. The normalized spacial score (nSPS) is 16.9. The number of carbonyl (C=O) groups excluding carboxylic acids is 1. The fourth-order valence-corrected chi connectivity index (χ4v) is 5.95. The SMILES string of the molecule is CC(C)Nc1cccnc1N1CCN(C)CC1.CCOP(=O)(CCNc1ccc2c(c1)C=CC(C=O)N2)OCC. The second-order valence-electron chi connectivity index (χ2n) is 10.0. The van der Waals surface area contributed by atoms with Crippen molar-refractivity contribution in [2.45, 2.75) is 39.8 Å². The zero-order valence-corrected chi connectivity index (χ0v) is 25.3. The third-order valence-electron chi connectivity index (χ3n) is 6.40. The molecule has 11 heteroatoms. The van der Waals surface area contributed by atoms with E-state index < -0.39 is 7.60 Å². The fourth-order valence-electron chi connectivity index (χ4n) is 4.44. The van der Waals surface area contributed by atoms with Gasteiger partial charge in [0.15, 0.2) is 5.82 Å².